The van der Waals surface area contributed by atoms with Crippen molar-refractivity contribution in [2.24, 2.45) is 23.1 Å². The molecule has 0 bridgehead atoms. The monoisotopic (exact) mass is 502 g/mol. The molecule has 0 saturated carbocycles. The van der Waals surface area contributed by atoms with Gasteiger partial charge in [0.05, 0.1) is 6.04 Å². The summed E-state index contributed by atoms with van der Waals surface area (Å²) in [6.07, 6.45) is 0.119. The van der Waals surface area contributed by atoms with E-state index in [4.69, 9.17) is 22.3 Å². The van der Waals surface area contributed by atoms with E-state index >= 15 is 0 Å². The minimum Gasteiger partial charge on any atom is -0.481 e. The second-order valence-corrected chi connectivity index (χ2v) is 8.52. The molecule has 4 atom stereocenters. The van der Waals surface area contributed by atoms with E-state index in [1.807, 2.05) is 0 Å². The molecule has 0 aromatic heterocycles. The molecule has 0 spiro atoms. The van der Waals surface area contributed by atoms with Crippen LogP contribution in [0.5, 0.6) is 0 Å². The van der Waals surface area contributed by atoms with E-state index in [1.165, 1.54) is 0 Å². The zero-order chi connectivity index (χ0) is 27.1. The number of rotatable bonds is 18. The molecule has 0 fully saturated rings. The van der Waals surface area contributed by atoms with Crippen LogP contribution < -0.4 is 33.2 Å². The number of amides is 4. The Morgan fingerprint density at radius 3 is 1.80 bits per heavy atom. The Kier molecular flexibility index (Phi) is 14.9. The fourth-order valence-electron chi connectivity index (χ4n) is 3.05. The maximum Gasteiger partial charge on any atom is 0.326 e. The Balaban J connectivity index is 5.55. The second-order valence-electron chi connectivity index (χ2n) is 8.52. The average Bonchev–Trinajstić information content (AvgIpc) is 2.76. The summed E-state index contributed by atoms with van der Waals surface area (Å²) >= 11 is 0. The topological polar surface area (TPSA) is 257 Å². The molecule has 14 heteroatoms. The number of carbonyl (C=O) groups is 6. The number of nitrogens with two attached hydrogens (primary N) is 3. The van der Waals surface area contributed by atoms with Gasteiger partial charge in [0.25, 0.3) is 0 Å². The lowest BCUT2D eigenvalue weighted by Crippen LogP contribution is -2.57. The van der Waals surface area contributed by atoms with Crippen molar-refractivity contribution in [3.05, 3.63) is 0 Å². The first-order valence-electron chi connectivity index (χ1n) is 11.4. The predicted octanol–water partition coefficient (Wildman–Crippen LogP) is -2.23. The van der Waals surface area contributed by atoms with Gasteiger partial charge in [0, 0.05) is 12.8 Å². The Morgan fingerprint density at radius 1 is 0.771 bits per heavy atom. The summed E-state index contributed by atoms with van der Waals surface area (Å²) in [5.74, 6) is -5.93. The van der Waals surface area contributed by atoms with Crippen LogP contribution >= 0.6 is 0 Å². The number of hydrogen-bond acceptors (Lipinski definition) is 8. The minimum absolute atomic E-state index is 0.0790. The lowest BCUT2D eigenvalue weighted by atomic mass is 10.0. The van der Waals surface area contributed by atoms with Crippen molar-refractivity contribution in [2.45, 2.75) is 83.0 Å². The predicted molar refractivity (Wildman–Crippen MR) is 124 cm³/mol. The van der Waals surface area contributed by atoms with Crippen molar-refractivity contribution in [1.29, 1.82) is 0 Å². The summed E-state index contributed by atoms with van der Waals surface area (Å²) in [5, 5.41) is 25.6. The van der Waals surface area contributed by atoms with Gasteiger partial charge in [0.2, 0.25) is 23.6 Å². The average molecular weight is 503 g/mol. The van der Waals surface area contributed by atoms with Crippen molar-refractivity contribution in [1.82, 2.24) is 16.0 Å². The SMILES string of the molecule is CC(C)C(NC(=O)C(CCCCN)NC(=O)C(CCC(=O)O)NC(=O)C(N)CCC(N)=O)C(=O)O. The Hall–Kier alpha value is -3.26. The molecule has 0 radical (unpaired) electrons. The first kappa shape index (κ1) is 31.7. The molecule has 0 aromatic rings. The zero-order valence-electron chi connectivity index (χ0n) is 20.1. The van der Waals surface area contributed by atoms with E-state index in [9.17, 15) is 33.9 Å². The lowest BCUT2D eigenvalue weighted by molar-refractivity contribution is -0.143. The Labute approximate surface area is 203 Å². The maximum absolute atomic E-state index is 12.9. The smallest absolute Gasteiger partial charge is 0.326 e. The van der Waals surface area contributed by atoms with Crippen LogP contribution in [0, 0.1) is 5.92 Å². The molecule has 4 amide bonds. The number of carboxylic acid groups (broad SMARTS) is 2. The summed E-state index contributed by atoms with van der Waals surface area (Å²) in [7, 11) is 0. The molecule has 11 N–H and O–H groups in total. The number of aliphatic carboxylic acids is 2. The molecule has 14 nitrogen and oxygen atoms in total. The molecule has 0 aliphatic carbocycles. The maximum atomic E-state index is 12.9. The summed E-state index contributed by atoms with van der Waals surface area (Å²) in [6.45, 7) is 3.56. The van der Waals surface area contributed by atoms with Crippen molar-refractivity contribution >= 4 is 35.6 Å². The van der Waals surface area contributed by atoms with Gasteiger partial charge in [-0.15, -0.1) is 0 Å². The quantitative estimate of drug-likeness (QED) is 0.0935. The van der Waals surface area contributed by atoms with E-state index in [1.54, 1.807) is 13.8 Å². The highest BCUT2D eigenvalue weighted by molar-refractivity contribution is 5.94. The number of hydrogen-bond donors (Lipinski definition) is 8. The first-order chi connectivity index (χ1) is 16.3. The van der Waals surface area contributed by atoms with Gasteiger partial charge in [-0.3, -0.25) is 24.0 Å². The van der Waals surface area contributed by atoms with Crippen LogP contribution in [0.25, 0.3) is 0 Å². The summed E-state index contributed by atoms with van der Waals surface area (Å²) in [5.41, 5.74) is 16.2. The van der Waals surface area contributed by atoms with Gasteiger partial charge in [0.15, 0.2) is 0 Å². The highest BCUT2D eigenvalue weighted by Crippen LogP contribution is 2.08. The molecule has 0 heterocycles. The standard InChI is InChI=1S/C21H38N6O8/c1-11(2)17(21(34)35)27-20(33)13(5-3-4-10-22)26-19(32)14(7-9-16(29)30)25-18(31)12(23)6-8-15(24)28/h11-14,17H,3-10,22-23H2,1-2H3,(H2,24,28)(H,25,31)(H,26,32)(H,27,33)(H,29,30)(H,34,35). The number of nitrogens with one attached hydrogen (secondary N) is 3. The van der Waals surface area contributed by atoms with Crippen LogP contribution in [0.15, 0.2) is 0 Å². The third kappa shape index (κ3) is 13.3. The van der Waals surface area contributed by atoms with Crippen molar-refractivity contribution in [3.63, 3.8) is 0 Å². The molecule has 35 heavy (non-hydrogen) atoms. The summed E-state index contributed by atoms with van der Waals surface area (Å²) in [4.78, 5) is 71.5. The highest BCUT2D eigenvalue weighted by Gasteiger charge is 2.31. The molecule has 0 aliphatic rings. The zero-order valence-corrected chi connectivity index (χ0v) is 20.1. The van der Waals surface area contributed by atoms with Gasteiger partial charge >= 0.3 is 11.9 Å². The molecule has 200 valence electrons. The van der Waals surface area contributed by atoms with Gasteiger partial charge < -0.3 is 43.4 Å². The number of carbonyl (C=O) groups excluding carboxylic acids is 4. The van der Waals surface area contributed by atoms with Crippen LogP contribution in [0.3, 0.4) is 0 Å². The third-order valence-corrected chi connectivity index (χ3v) is 5.13. The van der Waals surface area contributed by atoms with Crippen LogP contribution in [0.2, 0.25) is 0 Å². The van der Waals surface area contributed by atoms with E-state index in [0.717, 1.165) is 0 Å². The lowest BCUT2D eigenvalue weighted by Gasteiger charge is -2.26. The second kappa shape index (κ2) is 16.4. The van der Waals surface area contributed by atoms with Gasteiger partial charge in [-0.05, 0) is 44.6 Å². The van der Waals surface area contributed by atoms with Gasteiger partial charge in [-0.25, -0.2) is 4.79 Å². The minimum atomic E-state index is -1.34. The fourth-order valence-corrected chi connectivity index (χ4v) is 3.05. The van der Waals surface area contributed by atoms with Crippen LogP contribution in [0.4, 0.5) is 0 Å². The van der Waals surface area contributed by atoms with E-state index < -0.39 is 72.1 Å². The van der Waals surface area contributed by atoms with Gasteiger partial charge in [0.1, 0.15) is 18.1 Å². The van der Waals surface area contributed by atoms with E-state index in [-0.39, 0.29) is 25.7 Å². The molecule has 0 aromatic carbocycles. The normalized spacial score (nSPS) is 14.3. The largest absolute Gasteiger partial charge is 0.481 e. The van der Waals surface area contributed by atoms with Crippen molar-refractivity contribution in [3.8, 4) is 0 Å². The van der Waals surface area contributed by atoms with Gasteiger partial charge in [-0.1, -0.05) is 13.8 Å². The van der Waals surface area contributed by atoms with E-state index in [0.29, 0.717) is 19.4 Å². The number of unbranched alkanes of at least 4 members (excludes halogenated alkanes) is 1. The Morgan fingerprint density at radius 2 is 1.31 bits per heavy atom. The number of primary amides is 1. The fraction of sp³-hybridized carbons (Fsp3) is 0.714. The molecule has 0 rings (SSSR count). The van der Waals surface area contributed by atoms with Crippen LogP contribution in [-0.2, 0) is 28.8 Å². The number of carboxylic acids is 2. The van der Waals surface area contributed by atoms with Crippen molar-refractivity contribution < 1.29 is 39.0 Å². The molecule has 4 unspecified atom stereocenters. The molecule has 0 aliphatic heterocycles. The molecular formula is C21H38N6O8. The van der Waals surface area contributed by atoms with Crippen molar-refractivity contribution in [2.75, 3.05) is 6.54 Å². The summed E-state index contributed by atoms with van der Waals surface area (Å²) in [6, 6.07) is -4.86. The third-order valence-electron chi connectivity index (χ3n) is 5.13. The van der Waals surface area contributed by atoms with Gasteiger partial charge in [-0.2, -0.15) is 0 Å². The van der Waals surface area contributed by atoms with Crippen LogP contribution in [-0.4, -0.2) is 76.5 Å². The Bertz CT molecular complexity index is 760. The molecular weight excluding hydrogens is 464 g/mol. The summed E-state index contributed by atoms with van der Waals surface area (Å²) < 4.78 is 0. The first-order valence-corrected chi connectivity index (χ1v) is 11.4. The van der Waals surface area contributed by atoms with E-state index in [2.05, 4.69) is 16.0 Å². The van der Waals surface area contributed by atoms with Crippen LogP contribution in [0.1, 0.15) is 58.8 Å². The molecule has 0 saturated heterocycles. The highest BCUT2D eigenvalue weighted by atomic mass is 16.4.